The van der Waals surface area contributed by atoms with Gasteiger partial charge in [-0.05, 0) is 41.3 Å². The highest BCUT2D eigenvalue weighted by Gasteiger charge is 2.41. The molecule has 0 aromatic heterocycles. The van der Waals surface area contributed by atoms with E-state index in [4.69, 9.17) is 31.5 Å². The van der Waals surface area contributed by atoms with Gasteiger partial charge in [-0.2, -0.15) is 5.26 Å². The first-order valence-electron chi connectivity index (χ1n) is 12.0. The number of carbonyl (C=O) groups excluding carboxylic acids is 1. The molecule has 38 heavy (non-hydrogen) atoms. The standard InChI is InChI=1S/C30H24ClFN2O4/c1-36-26-13-18(10-11-25(26)37-16-21-22(31)8-5-9-23(21)32)28-20(15-33)30(34)38-27-14-19(12-24(35)29(27)28)17-6-3-2-4-7-17/h2-11,13,19,28H,12,14,16,34H2,1H3. The average molecular weight is 531 g/mol. The van der Waals surface area contributed by atoms with Gasteiger partial charge in [-0.1, -0.05) is 54.1 Å². The van der Waals surface area contributed by atoms with Crippen molar-refractivity contribution in [3.8, 4) is 17.6 Å². The third-order valence-corrected chi connectivity index (χ3v) is 7.24. The van der Waals surface area contributed by atoms with Gasteiger partial charge < -0.3 is 19.9 Å². The predicted octanol–water partition coefficient (Wildman–Crippen LogP) is 6.28. The second-order valence-electron chi connectivity index (χ2n) is 9.10. The molecule has 0 saturated heterocycles. The molecule has 2 N–H and O–H groups in total. The topological polar surface area (TPSA) is 94.6 Å². The van der Waals surface area contributed by atoms with Gasteiger partial charge in [0, 0.05) is 24.0 Å². The van der Waals surface area contributed by atoms with Crippen LogP contribution in [0.15, 0.2) is 89.5 Å². The number of Topliss-reactive ketones (excluding diaryl/α,β-unsaturated/α-hetero) is 1. The fourth-order valence-electron chi connectivity index (χ4n) is 5.01. The number of hydrogen-bond acceptors (Lipinski definition) is 6. The van der Waals surface area contributed by atoms with Gasteiger partial charge in [-0.15, -0.1) is 0 Å². The van der Waals surface area contributed by atoms with Crippen LogP contribution < -0.4 is 15.2 Å². The molecule has 5 rings (SSSR count). The van der Waals surface area contributed by atoms with Gasteiger partial charge in [0.25, 0.3) is 0 Å². The summed E-state index contributed by atoms with van der Waals surface area (Å²) in [7, 11) is 1.47. The van der Waals surface area contributed by atoms with Crippen molar-refractivity contribution in [2.75, 3.05) is 7.11 Å². The Kier molecular flexibility index (Phi) is 7.08. The van der Waals surface area contributed by atoms with Crippen molar-refractivity contribution in [3.63, 3.8) is 0 Å². The summed E-state index contributed by atoms with van der Waals surface area (Å²) in [5.41, 5.74) is 8.66. The molecule has 1 aliphatic carbocycles. The van der Waals surface area contributed by atoms with Gasteiger partial charge in [0.2, 0.25) is 5.88 Å². The van der Waals surface area contributed by atoms with E-state index in [0.29, 0.717) is 41.2 Å². The van der Waals surface area contributed by atoms with Gasteiger partial charge in [0.15, 0.2) is 17.3 Å². The molecule has 1 heterocycles. The average Bonchev–Trinajstić information content (AvgIpc) is 2.92. The van der Waals surface area contributed by atoms with Crippen LogP contribution in [0.5, 0.6) is 11.5 Å². The first-order valence-corrected chi connectivity index (χ1v) is 12.4. The number of methoxy groups -OCH3 is 1. The van der Waals surface area contributed by atoms with Crippen LogP contribution in [0.2, 0.25) is 5.02 Å². The molecule has 0 saturated carbocycles. The number of ketones is 1. The fraction of sp³-hybridized carbons (Fsp3) is 0.200. The Morgan fingerprint density at radius 1 is 1.08 bits per heavy atom. The van der Waals surface area contributed by atoms with E-state index in [2.05, 4.69) is 6.07 Å². The summed E-state index contributed by atoms with van der Waals surface area (Å²) in [6, 6.07) is 21.4. The van der Waals surface area contributed by atoms with Crippen molar-refractivity contribution in [2.45, 2.75) is 31.3 Å². The van der Waals surface area contributed by atoms with Crippen LogP contribution in [0.25, 0.3) is 0 Å². The number of rotatable bonds is 6. The minimum Gasteiger partial charge on any atom is -0.493 e. The maximum Gasteiger partial charge on any atom is 0.205 e. The molecule has 0 spiro atoms. The lowest BCUT2D eigenvalue weighted by Crippen LogP contribution is -2.29. The highest BCUT2D eigenvalue weighted by Crippen LogP contribution is 2.47. The molecule has 1 aliphatic heterocycles. The van der Waals surface area contributed by atoms with Gasteiger partial charge >= 0.3 is 0 Å². The van der Waals surface area contributed by atoms with Crippen molar-refractivity contribution in [1.82, 2.24) is 0 Å². The lowest BCUT2D eigenvalue weighted by molar-refractivity contribution is -0.117. The molecule has 0 fully saturated rings. The smallest absolute Gasteiger partial charge is 0.205 e. The van der Waals surface area contributed by atoms with E-state index in [1.165, 1.54) is 19.2 Å². The van der Waals surface area contributed by atoms with E-state index in [0.717, 1.165) is 5.56 Å². The monoisotopic (exact) mass is 530 g/mol. The van der Waals surface area contributed by atoms with Crippen LogP contribution in [0.1, 0.15) is 41.4 Å². The molecule has 3 aromatic rings. The van der Waals surface area contributed by atoms with Crippen molar-refractivity contribution in [1.29, 1.82) is 5.26 Å². The molecule has 2 unspecified atom stereocenters. The number of hydrogen-bond donors (Lipinski definition) is 1. The molecule has 0 amide bonds. The molecule has 2 atom stereocenters. The summed E-state index contributed by atoms with van der Waals surface area (Å²) in [5, 5.41) is 10.2. The molecule has 0 radical (unpaired) electrons. The van der Waals surface area contributed by atoms with E-state index in [1.54, 1.807) is 24.3 Å². The predicted molar refractivity (Wildman–Crippen MR) is 140 cm³/mol. The van der Waals surface area contributed by atoms with Gasteiger partial charge in [0.1, 0.15) is 29.8 Å². The third-order valence-electron chi connectivity index (χ3n) is 6.89. The minimum atomic E-state index is -0.711. The largest absolute Gasteiger partial charge is 0.493 e. The van der Waals surface area contributed by atoms with Crippen molar-refractivity contribution >= 4 is 17.4 Å². The SMILES string of the molecule is COc1cc(C2C(C#N)=C(N)OC3=C2C(=O)CC(c2ccccc2)C3)ccc1OCc1c(F)cccc1Cl. The molecule has 192 valence electrons. The number of allylic oxidation sites excluding steroid dienone is 3. The summed E-state index contributed by atoms with van der Waals surface area (Å²) in [5.74, 6) is -0.169. The number of carbonyl (C=O) groups is 1. The van der Waals surface area contributed by atoms with Crippen molar-refractivity contribution in [2.24, 2.45) is 5.73 Å². The highest BCUT2D eigenvalue weighted by atomic mass is 35.5. The van der Waals surface area contributed by atoms with Gasteiger partial charge in [-0.25, -0.2) is 4.39 Å². The number of nitrogens with zero attached hydrogens (tertiary/aromatic N) is 1. The van der Waals surface area contributed by atoms with Gasteiger partial charge in [0.05, 0.1) is 18.1 Å². The van der Waals surface area contributed by atoms with Crippen molar-refractivity contribution in [3.05, 3.63) is 117 Å². The maximum absolute atomic E-state index is 14.2. The second-order valence-corrected chi connectivity index (χ2v) is 9.51. The number of nitriles is 1. The molecular formula is C30H24ClFN2O4. The van der Waals surface area contributed by atoms with Crippen LogP contribution in [0, 0.1) is 17.1 Å². The number of ether oxygens (including phenoxy) is 3. The van der Waals surface area contributed by atoms with Crippen LogP contribution >= 0.6 is 11.6 Å². The van der Waals surface area contributed by atoms with Crippen LogP contribution in [-0.4, -0.2) is 12.9 Å². The van der Waals surface area contributed by atoms with E-state index >= 15 is 0 Å². The first-order chi connectivity index (χ1) is 18.4. The lowest BCUT2D eigenvalue weighted by atomic mass is 9.73. The van der Waals surface area contributed by atoms with E-state index in [9.17, 15) is 14.4 Å². The van der Waals surface area contributed by atoms with Crippen LogP contribution in [0.3, 0.4) is 0 Å². The second kappa shape index (κ2) is 10.6. The fourth-order valence-corrected chi connectivity index (χ4v) is 5.22. The quantitative estimate of drug-likeness (QED) is 0.403. The van der Waals surface area contributed by atoms with E-state index in [-0.39, 0.29) is 40.4 Å². The first kappa shape index (κ1) is 25.4. The summed E-state index contributed by atoms with van der Waals surface area (Å²) in [4.78, 5) is 13.5. The van der Waals surface area contributed by atoms with E-state index < -0.39 is 11.7 Å². The van der Waals surface area contributed by atoms with Crippen molar-refractivity contribution < 1.29 is 23.4 Å². The normalized spacial score (nSPS) is 18.9. The minimum absolute atomic E-state index is 0.0220. The lowest BCUT2D eigenvalue weighted by Gasteiger charge is -2.34. The summed E-state index contributed by atoms with van der Waals surface area (Å²) < 4.78 is 31.4. The van der Waals surface area contributed by atoms with E-state index in [1.807, 2.05) is 30.3 Å². The zero-order valence-corrected chi connectivity index (χ0v) is 21.3. The van der Waals surface area contributed by atoms with Crippen LogP contribution in [-0.2, 0) is 16.1 Å². The zero-order valence-electron chi connectivity index (χ0n) is 20.5. The molecule has 6 nitrogen and oxygen atoms in total. The summed E-state index contributed by atoms with van der Waals surface area (Å²) in [6.07, 6.45) is 0.784. The third kappa shape index (κ3) is 4.71. The number of halogens is 2. The highest BCUT2D eigenvalue weighted by molar-refractivity contribution is 6.31. The summed E-state index contributed by atoms with van der Waals surface area (Å²) in [6.45, 7) is -0.108. The number of benzene rings is 3. The molecule has 0 bridgehead atoms. The Bertz CT molecular complexity index is 1490. The Morgan fingerprint density at radius 3 is 2.58 bits per heavy atom. The zero-order chi connectivity index (χ0) is 26.8. The molecule has 2 aliphatic rings. The van der Waals surface area contributed by atoms with Crippen LogP contribution in [0.4, 0.5) is 4.39 Å². The van der Waals surface area contributed by atoms with Gasteiger partial charge in [-0.3, -0.25) is 4.79 Å². The molecular weight excluding hydrogens is 507 g/mol. The molecule has 8 heteroatoms. The Labute approximate surface area is 224 Å². The number of nitrogens with two attached hydrogens (primary N) is 1. The Morgan fingerprint density at radius 2 is 1.87 bits per heavy atom. The maximum atomic E-state index is 14.2. The Balaban J connectivity index is 1.49. The molecule has 3 aromatic carbocycles. The summed E-state index contributed by atoms with van der Waals surface area (Å²) >= 11 is 6.12. The Hall–Kier alpha value is -4.28.